The number of carbonyl (C=O) groups excluding carboxylic acids is 2. The SMILES string of the molecule is C[C@@H](NC(=O)c1ccc(C(=O)N[C@H](C)c2ccccc2)cc1)c1ccccc1. The molecule has 3 rings (SSSR count). The van der Waals surface area contributed by atoms with Crippen molar-refractivity contribution in [1.82, 2.24) is 10.6 Å². The van der Waals surface area contributed by atoms with E-state index in [1.54, 1.807) is 24.3 Å². The number of hydrogen-bond acceptors (Lipinski definition) is 2. The maximum absolute atomic E-state index is 12.5. The average Bonchev–Trinajstić information content (AvgIpc) is 2.75. The fourth-order valence-electron chi connectivity index (χ4n) is 2.98. The van der Waals surface area contributed by atoms with E-state index < -0.39 is 0 Å². The Morgan fingerprint density at radius 3 is 1.21 bits per heavy atom. The molecule has 0 unspecified atom stereocenters. The monoisotopic (exact) mass is 372 g/mol. The first-order chi connectivity index (χ1) is 13.5. The van der Waals surface area contributed by atoms with Crippen LogP contribution in [0.25, 0.3) is 0 Å². The molecule has 142 valence electrons. The molecule has 0 radical (unpaired) electrons. The molecule has 0 fully saturated rings. The molecule has 4 nitrogen and oxygen atoms in total. The molecule has 0 aliphatic rings. The Labute approximate surface area is 165 Å². The molecule has 0 spiro atoms. The van der Waals surface area contributed by atoms with Crippen LogP contribution in [0, 0.1) is 0 Å². The quantitative estimate of drug-likeness (QED) is 0.661. The van der Waals surface area contributed by atoms with Gasteiger partial charge in [0.15, 0.2) is 0 Å². The van der Waals surface area contributed by atoms with Gasteiger partial charge in [-0.1, -0.05) is 60.7 Å². The molecule has 2 amide bonds. The number of amides is 2. The molecule has 3 aromatic rings. The second kappa shape index (κ2) is 9.00. The summed E-state index contributed by atoms with van der Waals surface area (Å²) in [5.74, 6) is -0.332. The summed E-state index contributed by atoms with van der Waals surface area (Å²) < 4.78 is 0. The van der Waals surface area contributed by atoms with Crippen LogP contribution in [0.4, 0.5) is 0 Å². The highest BCUT2D eigenvalue weighted by Gasteiger charge is 2.14. The Morgan fingerprint density at radius 1 is 0.571 bits per heavy atom. The van der Waals surface area contributed by atoms with Gasteiger partial charge in [-0.25, -0.2) is 0 Å². The van der Waals surface area contributed by atoms with Crippen LogP contribution >= 0.6 is 0 Å². The first kappa shape index (κ1) is 19.4. The maximum atomic E-state index is 12.5. The molecule has 0 aliphatic heterocycles. The van der Waals surface area contributed by atoms with Crippen LogP contribution < -0.4 is 10.6 Å². The Morgan fingerprint density at radius 2 is 0.893 bits per heavy atom. The van der Waals surface area contributed by atoms with Crippen LogP contribution in [0.2, 0.25) is 0 Å². The van der Waals surface area contributed by atoms with Crippen molar-refractivity contribution in [2.75, 3.05) is 0 Å². The first-order valence-corrected chi connectivity index (χ1v) is 9.36. The van der Waals surface area contributed by atoms with Crippen molar-refractivity contribution in [3.05, 3.63) is 107 Å². The summed E-state index contributed by atoms with van der Waals surface area (Å²) in [6.07, 6.45) is 0. The molecule has 2 N–H and O–H groups in total. The molecule has 4 heteroatoms. The predicted octanol–water partition coefficient (Wildman–Crippen LogP) is 4.67. The van der Waals surface area contributed by atoms with E-state index in [0.717, 1.165) is 11.1 Å². The molecule has 0 aromatic heterocycles. The van der Waals surface area contributed by atoms with E-state index in [1.165, 1.54) is 0 Å². The van der Waals surface area contributed by atoms with Gasteiger partial charge in [0.05, 0.1) is 12.1 Å². The third kappa shape index (κ3) is 4.86. The standard InChI is InChI=1S/C24H24N2O2/c1-17(19-9-5-3-6-10-19)25-23(27)21-13-15-22(16-14-21)24(28)26-18(2)20-11-7-4-8-12-20/h3-18H,1-2H3,(H,25,27)(H,26,28)/t17-,18-/m1/s1. The van der Waals surface area contributed by atoms with E-state index in [-0.39, 0.29) is 23.9 Å². The summed E-state index contributed by atoms with van der Waals surface area (Å²) >= 11 is 0. The molecule has 2 atom stereocenters. The van der Waals surface area contributed by atoms with Gasteiger partial charge in [-0.2, -0.15) is 0 Å². The number of carbonyl (C=O) groups is 2. The van der Waals surface area contributed by atoms with Gasteiger partial charge in [-0.3, -0.25) is 9.59 Å². The Kier molecular flexibility index (Phi) is 6.22. The minimum atomic E-state index is -0.166. The number of hydrogen-bond donors (Lipinski definition) is 2. The fraction of sp³-hybridized carbons (Fsp3) is 0.167. The highest BCUT2D eigenvalue weighted by molar-refractivity contribution is 5.98. The molecule has 0 aliphatic carbocycles. The van der Waals surface area contributed by atoms with E-state index in [2.05, 4.69) is 10.6 Å². The summed E-state index contributed by atoms with van der Waals surface area (Å²) in [5.41, 5.74) is 3.13. The van der Waals surface area contributed by atoms with Crippen molar-refractivity contribution in [2.45, 2.75) is 25.9 Å². The Bertz CT molecular complexity index is 843. The molecule has 28 heavy (non-hydrogen) atoms. The molecule has 0 heterocycles. The van der Waals surface area contributed by atoms with Gasteiger partial charge in [0.1, 0.15) is 0 Å². The maximum Gasteiger partial charge on any atom is 0.251 e. The highest BCUT2D eigenvalue weighted by atomic mass is 16.2. The van der Waals surface area contributed by atoms with E-state index in [9.17, 15) is 9.59 Å². The van der Waals surface area contributed by atoms with Gasteiger partial charge in [-0.15, -0.1) is 0 Å². The van der Waals surface area contributed by atoms with Gasteiger partial charge in [0, 0.05) is 11.1 Å². The van der Waals surface area contributed by atoms with Crippen molar-refractivity contribution in [3.8, 4) is 0 Å². The van der Waals surface area contributed by atoms with Crippen molar-refractivity contribution >= 4 is 11.8 Å². The smallest absolute Gasteiger partial charge is 0.251 e. The molecule has 0 bridgehead atoms. The summed E-state index contributed by atoms with van der Waals surface area (Å²) in [6, 6.07) is 26.1. The Balaban J connectivity index is 1.61. The molecule has 0 saturated carbocycles. The summed E-state index contributed by atoms with van der Waals surface area (Å²) in [7, 11) is 0. The topological polar surface area (TPSA) is 58.2 Å². The van der Waals surface area contributed by atoms with Crippen molar-refractivity contribution in [2.24, 2.45) is 0 Å². The normalized spacial score (nSPS) is 12.6. The zero-order valence-corrected chi connectivity index (χ0v) is 16.1. The molecular weight excluding hydrogens is 348 g/mol. The largest absolute Gasteiger partial charge is 0.346 e. The number of benzene rings is 3. The minimum absolute atomic E-state index is 0.0941. The summed E-state index contributed by atoms with van der Waals surface area (Å²) in [6.45, 7) is 3.89. The van der Waals surface area contributed by atoms with Crippen LogP contribution in [0.5, 0.6) is 0 Å². The third-order valence-electron chi connectivity index (χ3n) is 4.70. The summed E-state index contributed by atoms with van der Waals surface area (Å²) in [4.78, 5) is 24.9. The van der Waals surface area contributed by atoms with Crippen molar-refractivity contribution < 1.29 is 9.59 Å². The van der Waals surface area contributed by atoms with Gasteiger partial charge in [-0.05, 0) is 49.2 Å². The Hall–Kier alpha value is -3.40. The van der Waals surface area contributed by atoms with Gasteiger partial charge >= 0.3 is 0 Å². The van der Waals surface area contributed by atoms with Crippen LogP contribution in [0.3, 0.4) is 0 Å². The van der Waals surface area contributed by atoms with E-state index in [4.69, 9.17) is 0 Å². The third-order valence-corrected chi connectivity index (χ3v) is 4.70. The second-order valence-electron chi connectivity index (χ2n) is 6.79. The highest BCUT2D eigenvalue weighted by Crippen LogP contribution is 2.14. The molecule has 3 aromatic carbocycles. The lowest BCUT2D eigenvalue weighted by Crippen LogP contribution is -2.28. The lowest BCUT2D eigenvalue weighted by molar-refractivity contribution is 0.0927. The van der Waals surface area contributed by atoms with Gasteiger partial charge in [0.25, 0.3) is 11.8 Å². The molecule has 0 saturated heterocycles. The van der Waals surface area contributed by atoms with Crippen LogP contribution in [-0.4, -0.2) is 11.8 Å². The van der Waals surface area contributed by atoms with Crippen LogP contribution in [-0.2, 0) is 0 Å². The second-order valence-corrected chi connectivity index (χ2v) is 6.79. The van der Waals surface area contributed by atoms with Crippen LogP contribution in [0.1, 0.15) is 57.8 Å². The minimum Gasteiger partial charge on any atom is -0.346 e. The van der Waals surface area contributed by atoms with Crippen molar-refractivity contribution in [1.29, 1.82) is 0 Å². The predicted molar refractivity (Wildman–Crippen MR) is 111 cm³/mol. The van der Waals surface area contributed by atoms with E-state index >= 15 is 0 Å². The summed E-state index contributed by atoms with van der Waals surface area (Å²) in [5, 5.41) is 5.95. The van der Waals surface area contributed by atoms with Crippen LogP contribution in [0.15, 0.2) is 84.9 Å². The fourth-order valence-corrected chi connectivity index (χ4v) is 2.98. The zero-order valence-electron chi connectivity index (χ0n) is 16.1. The van der Waals surface area contributed by atoms with Gasteiger partial charge in [0.2, 0.25) is 0 Å². The number of nitrogens with one attached hydrogen (secondary N) is 2. The van der Waals surface area contributed by atoms with E-state index in [1.807, 2.05) is 74.5 Å². The van der Waals surface area contributed by atoms with Gasteiger partial charge < -0.3 is 10.6 Å². The van der Waals surface area contributed by atoms with Crippen molar-refractivity contribution in [3.63, 3.8) is 0 Å². The van der Waals surface area contributed by atoms with E-state index in [0.29, 0.717) is 11.1 Å². The first-order valence-electron chi connectivity index (χ1n) is 9.36. The molecular formula is C24H24N2O2. The lowest BCUT2D eigenvalue weighted by Gasteiger charge is -2.15. The number of rotatable bonds is 6. The lowest BCUT2D eigenvalue weighted by atomic mass is 10.1. The zero-order chi connectivity index (χ0) is 19.9. The average molecular weight is 372 g/mol.